The van der Waals surface area contributed by atoms with Gasteiger partial charge >= 0.3 is 6.03 Å². The fourth-order valence-electron chi connectivity index (χ4n) is 2.72. The van der Waals surface area contributed by atoms with Gasteiger partial charge in [-0.05, 0) is 36.6 Å². The zero-order valence-electron chi connectivity index (χ0n) is 15.7. The summed E-state index contributed by atoms with van der Waals surface area (Å²) >= 11 is 3.41. The molecular weight excluding hydrogens is 406 g/mol. The van der Waals surface area contributed by atoms with Gasteiger partial charge in [0.1, 0.15) is 0 Å². The standard InChI is InChI=1S/C21H26BrN3O2/c1-16(14-17-8-10-19(22)11-9-17)24-20(26)12-13-23-21(27)25(2)15-18-6-4-3-5-7-18/h3-11,16H,12-15H2,1-2H3,(H,23,27)(H,24,26). The number of carbonyl (C=O) groups is 2. The molecule has 0 radical (unpaired) electrons. The molecule has 0 saturated carbocycles. The lowest BCUT2D eigenvalue weighted by Gasteiger charge is -2.18. The molecule has 0 spiro atoms. The fraction of sp³-hybridized carbons (Fsp3) is 0.333. The highest BCUT2D eigenvalue weighted by atomic mass is 79.9. The topological polar surface area (TPSA) is 61.4 Å². The van der Waals surface area contributed by atoms with Gasteiger partial charge in [-0.3, -0.25) is 4.79 Å². The predicted molar refractivity (Wildman–Crippen MR) is 111 cm³/mol. The lowest BCUT2D eigenvalue weighted by molar-refractivity contribution is -0.121. The Bertz CT molecular complexity index is 735. The van der Waals surface area contributed by atoms with Gasteiger partial charge in [0.25, 0.3) is 0 Å². The van der Waals surface area contributed by atoms with Gasteiger partial charge in [-0.15, -0.1) is 0 Å². The van der Waals surface area contributed by atoms with Crippen LogP contribution in [0.15, 0.2) is 59.1 Å². The third-order valence-electron chi connectivity index (χ3n) is 4.10. The number of amides is 3. The summed E-state index contributed by atoms with van der Waals surface area (Å²) in [6.07, 6.45) is 1.03. The van der Waals surface area contributed by atoms with Crippen molar-refractivity contribution in [3.8, 4) is 0 Å². The number of hydrogen-bond acceptors (Lipinski definition) is 2. The highest BCUT2D eigenvalue weighted by Crippen LogP contribution is 2.11. The van der Waals surface area contributed by atoms with E-state index in [2.05, 4.69) is 26.6 Å². The maximum absolute atomic E-state index is 12.1. The Balaban J connectivity index is 1.65. The van der Waals surface area contributed by atoms with Crippen LogP contribution < -0.4 is 10.6 Å². The summed E-state index contributed by atoms with van der Waals surface area (Å²) in [7, 11) is 1.74. The normalized spacial score (nSPS) is 11.5. The van der Waals surface area contributed by atoms with Crippen molar-refractivity contribution < 1.29 is 9.59 Å². The first-order valence-corrected chi connectivity index (χ1v) is 9.80. The van der Waals surface area contributed by atoms with E-state index in [4.69, 9.17) is 0 Å². The van der Waals surface area contributed by atoms with Gasteiger partial charge in [0.15, 0.2) is 0 Å². The van der Waals surface area contributed by atoms with Crippen molar-refractivity contribution in [3.63, 3.8) is 0 Å². The third-order valence-corrected chi connectivity index (χ3v) is 4.63. The van der Waals surface area contributed by atoms with Crippen LogP contribution in [0.4, 0.5) is 4.79 Å². The summed E-state index contributed by atoms with van der Waals surface area (Å²) < 4.78 is 1.04. The van der Waals surface area contributed by atoms with E-state index in [1.165, 1.54) is 5.56 Å². The monoisotopic (exact) mass is 431 g/mol. The zero-order valence-corrected chi connectivity index (χ0v) is 17.3. The van der Waals surface area contributed by atoms with Gasteiger partial charge < -0.3 is 15.5 Å². The van der Waals surface area contributed by atoms with Gasteiger partial charge in [-0.1, -0.05) is 58.4 Å². The Labute approximate surface area is 169 Å². The summed E-state index contributed by atoms with van der Waals surface area (Å²) in [6.45, 7) is 2.82. The molecule has 3 amide bonds. The number of nitrogens with one attached hydrogen (secondary N) is 2. The molecule has 0 bridgehead atoms. The van der Waals surface area contributed by atoms with Crippen molar-refractivity contribution in [2.75, 3.05) is 13.6 Å². The number of carbonyl (C=O) groups excluding carboxylic acids is 2. The lowest BCUT2D eigenvalue weighted by atomic mass is 10.1. The summed E-state index contributed by atoms with van der Waals surface area (Å²) in [4.78, 5) is 25.8. The third kappa shape index (κ3) is 7.83. The van der Waals surface area contributed by atoms with Gasteiger partial charge in [0, 0.05) is 37.1 Å². The smallest absolute Gasteiger partial charge is 0.317 e. The van der Waals surface area contributed by atoms with Crippen LogP contribution in [-0.2, 0) is 17.8 Å². The maximum Gasteiger partial charge on any atom is 0.317 e. The van der Waals surface area contributed by atoms with Crippen molar-refractivity contribution in [1.82, 2.24) is 15.5 Å². The van der Waals surface area contributed by atoms with Crippen LogP contribution in [0.25, 0.3) is 0 Å². The highest BCUT2D eigenvalue weighted by molar-refractivity contribution is 9.10. The second-order valence-corrected chi connectivity index (χ2v) is 7.54. The predicted octanol–water partition coefficient (Wildman–Crippen LogP) is 3.73. The van der Waals surface area contributed by atoms with E-state index < -0.39 is 0 Å². The quantitative estimate of drug-likeness (QED) is 0.668. The summed E-state index contributed by atoms with van der Waals surface area (Å²) in [5.41, 5.74) is 2.23. The van der Waals surface area contributed by atoms with Gasteiger partial charge in [-0.25, -0.2) is 4.79 Å². The van der Waals surface area contributed by atoms with Crippen LogP contribution >= 0.6 is 15.9 Å². The van der Waals surface area contributed by atoms with Crippen molar-refractivity contribution >= 4 is 27.9 Å². The molecule has 144 valence electrons. The van der Waals surface area contributed by atoms with Gasteiger partial charge in [-0.2, -0.15) is 0 Å². The van der Waals surface area contributed by atoms with Gasteiger partial charge in [0.05, 0.1) is 0 Å². The van der Waals surface area contributed by atoms with E-state index in [0.29, 0.717) is 13.1 Å². The van der Waals surface area contributed by atoms with E-state index >= 15 is 0 Å². The Morgan fingerprint density at radius 3 is 2.37 bits per heavy atom. The molecule has 27 heavy (non-hydrogen) atoms. The molecule has 0 saturated heterocycles. The fourth-order valence-corrected chi connectivity index (χ4v) is 2.98. The van der Waals surface area contributed by atoms with Crippen LogP contribution in [-0.4, -0.2) is 36.5 Å². The van der Waals surface area contributed by atoms with Crippen LogP contribution in [0.2, 0.25) is 0 Å². The molecule has 0 aliphatic carbocycles. The second kappa shape index (κ2) is 10.7. The molecule has 2 aromatic rings. The molecule has 0 fully saturated rings. The minimum atomic E-state index is -0.186. The number of urea groups is 1. The average Bonchev–Trinajstić information content (AvgIpc) is 2.64. The second-order valence-electron chi connectivity index (χ2n) is 6.62. The first-order valence-electron chi connectivity index (χ1n) is 9.00. The Morgan fingerprint density at radius 1 is 1.04 bits per heavy atom. The summed E-state index contributed by atoms with van der Waals surface area (Å²) in [5.74, 6) is -0.0642. The number of halogens is 1. The van der Waals surface area contributed by atoms with Crippen molar-refractivity contribution in [1.29, 1.82) is 0 Å². The van der Waals surface area contributed by atoms with Gasteiger partial charge in [0.2, 0.25) is 5.91 Å². The van der Waals surface area contributed by atoms with Crippen LogP contribution in [0, 0.1) is 0 Å². The van der Waals surface area contributed by atoms with E-state index in [0.717, 1.165) is 16.5 Å². The first kappa shape index (κ1) is 21.0. The van der Waals surface area contributed by atoms with Crippen molar-refractivity contribution in [2.45, 2.75) is 32.4 Å². The minimum Gasteiger partial charge on any atom is -0.353 e. The molecule has 1 unspecified atom stereocenters. The van der Waals surface area contributed by atoms with Crippen molar-refractivity contribution in [2.24, 2.45) is 0 Å². The number of rotatable bonds is 8. The van der Waals surface area contributed by atoms with E-state index in [1.807, 2.05) is 61.5 Å². The minimum absolute atomic E-state index is 0.0372. The number of nitrogens with zero attached hydrogens (tertiary/aromatic N) is 1. The number of benzene rings is 2. The molecule has 2 rings (SSSR count). The molecule has 1 atom stereocenters. The zero-order chi connectivity index (χ0) is 19.6. The van der Waals surface area contributed by atoms with Crippen LogP contribution in [0.5, 0.6) is 0 Å². The molecule has 0 aliphatic rings. The molecule has 6 heteroatoms. The Kier molecular flexibility index (Phi) is 8.33. The molecule has 0 heterocycles. The first-order chi connectivity index (χ1) is 12.9. The van der Waals surface area contributed by atoms with E-state index in [-0.39, 0.29) is 24.4 Å². The molecule has 0 aliphatic heterocycles. The van der Waals surface area contributed by atoms with Crippen molar-refractivity contribution in [3.05, 3.63) is 70.2 Å². The lowest BCUT2D eigenvalue weighted by Crippen LogP contribution is -2.40. The van der Waals surface area contributed by atoms with Crippen LogP contribution in [0.1, 0.15) is 24.5 Å². The molecule has 2 N–H and O–H groups in total. The average molecular weight is 432 g/mol. The Morgan fingerprint density at radius 2 is 1.70 bits per heavy atom. The van der Waals surface area contributed by atoms with Crippen LogP contribution in [0.3, 0.4) is 0 Å². The summed E-state index contributed by atoms with van der Waals surface area (Å²) in [5, 5.41) is 5.75. The number of hydrogen-bond donors (Lipinski definition) is 2. The Hall–Kier alpha value is -2.34. The maximum atomic E-state index is 12.1. The molecular formula is C21H26BrN3O2. The molecule has 2 aromatic carbocycles. The molecule has 5 nitrogen and oxygen atoms in total. The molecule has 0 aromatic heterocycles. The summed E-state index contributed by atoms with van der Waals surface area (Å²) in [6, 6.07) is 17.7. The highest BCUT2D eigenvalue weighted by Gasteiger charge is 2.11. The SMILES string of the molecule is CC(Cc1ccc(Br)cc1)NC(=O)CCNC(=O)N(C)Cc1ccccc1. The van der Waals surface area contributed by atoms with E-state index in [1.54, 1.807) is 11.9 Å². The largest absolute Gasteiger partial charge is 0.353 e. The van der Waals surface area contributed by atoms with E-state index in [9.17, 15) is 9.59 Å².